The van der Waals surface area contributed by atoms with E-state index < -0.39 is 29.5 Å². The molecular weight excluding hydrogens is 671 g/mol. The number of anilines is 2. The van der Waals surface area contributed by atoms with Crippen LogP contribution in [0.3, 0.4) is 0 Å². The van der Waals surface area contributed by atoms with Crippen molar-refractivity contribution in [1.29, 1.82) is 5.26 Å². The summed E-state index contributed by atoms with van der Waals surface area (Å²) in [5, 5.41) is 26.4. The van der Waals surface area contributed by atoms with Crippen molar-refractivity contribution in [2.24, 2.45) is 0 Å². The Labute approximate surface area is 283 Å². The molecule has 49 heavy (non-hydrogen) atoms. The maximum Gasteiger partial charge on any atom is 0.435 e. The highest BCUT2D eigenvalue weighted by atomic mass is 35.5. The lowest BCUT2D eigenvalue weighted by atomic mass is 10.2. The standard InChI is InChI=1S/C30H33ClF3N11O4/c1-29(2,3)49-28(48)40-10-9-37-23(46)16-36-7-8-39-27(47)19-5-4-18(14-21(19)31)42-25-26-41-15-22(45(26)13-11-38-25)20-17-44(12-6-35)43-24(20)30(32,33)34/h4-5,11,13-15,17,36H,7-10,12,16H2,1-3H3,(H,37,46)(H,38,42)(H,39,47)(H,40,48). The van der Waals surface area contributed by atoms with Crippen molar-refractivity contribution in [3.8, 4) is 17.3 Å². The van der Waals surface area contributed by atoms with E-state index in [4.69, 9.17) is 21.6 Å². The van der Waals surface area contributed by atoms with Gasteiger partial charge < -0.3 is 31.3 Å². The van der Waals surface area contributed by atoms with Gasteiger partial charge >= 0.3 is 12.3 Å². The number of ether oxygens (including phenoxy) is 1. The Kier molecular flexibility index (Phi) is 11.6. The molecule has 0 bridgehead atoms. The smallest absolute Gasteiger partial charge is 0.435 e. The Bertz CT molecular complexity index is 1860. The zero-order valence-electron chi connectivity index (χ0n) is 26.6. The molecule has 0 saturated heterocycles. The molecule has 0 atom stereocenters. The number of carbonyl (C=O) groups is 3. The molecule has 0 spiro atoms. The van der Waals surface area contributed by atoms with Crippen LogP contribution in [0.5, 0.6) is 0 Å². The van der Waals surface area contributed by atoms with Crippen LogP contribution in [0.25, 0.3) is 16.9 Å². The Morgan fingerprint density at radius 1 is 1.04 bits per heavy atom. The van der Waals surface area contributed by atoms with Gasteiger partial charge in [0.2, 0.25) is 5.91 Å². The van der Waals surface area contributed by atoms with Gasteiger partial charge in [-0.2, -0.15) is 23.5 Å². The predicted molar refractivity (Wildman–Crippen MR) is 172 cm³/mol. The Balaban J connectivity index is 1.29. The number of fused-ring (bicyclic) bond motifs is 1. The fourth-order valence-corrected chi connectivity index (χ4v) is 4.66. The molecule has 3 amide bonds. The van der Waals surface area contributed by atoms with Gasteiger partial charge in [0.15, 0.2) is 17.2 Å². The van der Waals surface area contributed by atoms with Gasteiger partial charge in [-0.25, -0.2) is 14.8 Å². The number of benzene rings is 1. The molecule has 5 N–H and O–H groups in total. The van der Waals surface area contributed by atoms with Crippen LogP contribution in [-0.2, 0) is 22.3 Å². The van der Waals surface area contributed by atoms with E-state index in [9.17, 15) is 27.6 Å². The van der Waals surface area contributed by atoms with Crippen LogP contribution in [0.15, 0.2) is 43.0 Å². The summed E-state index contributed by atoms with van der Waals surface area (Å²) in [6, 6.07) is 6.32. The van der Waals surface area contributed by atoms with E-state index in [0.717, 1.165) is 10.9 Å². The molecule has 3 heterocycles. The minimum Gasteiger partial charge on any atom is -0.444 e. The van der Waals surface area contributed by atoms with Crippen molar-refractivity contribution in [3.05, 3.63) is 59.3 Å². The van der Waals surface area contributed by atoms with E-state index >= 15 is 0 Å². The SMILES string of the molecule is CC(C)(C)OC(=O)NCCNC(=O)CNCCNC(=O)c1ccc(Nc2nccn3c(-c4cn(CC#N)nc4C(F)(F)F)cnc23)cc1Cl. The summed E-state index contributed by atoms with van der Waals surface area (Å²) < 4.78 is 48.6. The Hall–Kier alpha value is -5.41. The van der Waals surface area contributed by atoms with Crippen molar-refractivity contribution >= 4 is 46.7 Å². The predicted octanol–water partition coefficient (Wildman–Crippen LogP) is 3.49. The van der Waals surface area contributed by atoms with Crippen molar-refractivity contribution in [1.82, 2.24) is 45.4 Å². The molecule has 0 aliphatic carbocycles. The number of halogens is 4. The average Bonchev–Trinajstić information content (AvgIpc) is 3.63. The first-order chi connectivity index (χ1) is 23.2. The number of nitrogens with zero attached hydrogens (tertiary/aromatic N) is 6. The minimum atomic E-state index is -4.77. The third-order valence-electron chi connectivity index (χ3n) is 6.43. The van der Waals surface area contributed by atoms with Gasteiger partial charge in [-0.3, -0.25) is 18.7 Å². The zero-order valence-corrected chi connectivity index (χ0v) is 27.4. The summed E-state index contributed by atoms with van der Waals surface area (Å²) in [4.78, 5) is 44.8. The average molecular weight is 704 g/mol. The number of hydrogen-bond donors (Lipinski definition) is 5. The molecule has 3 aromatic heterocycles. The minimum absolute atomic E-state index is 0.00341. The molecule has 0 aliphatic rings. The van der Waals surface area contributed by atoms with Crippen molar-refractivity contribution in [2.45, 2.75) is 39.1 Å². The van der Waals surface area contributed by atoms with Crippen LogP contribution in [0.4, 0.5) is 29.5 Å². The fraction of sp³-hybridized carbons (Fsp3) is 0.367. The monoisotopic (exact) mass is 703 g/mol. The lowest BCUT2D eigenvalue weighted by Gasteiger charge is -2.19. The second-order valence-electron chi connectivity index (χ2n) is 11.4. The number of aromatic nitrogens is 5. The Morgan fingerprint density at radius 3 is 2.47 bits per heavy atom. The van der Waals surface area contributed by atoms with Crippen LogP contribution < -0.4 is 26.6 Å². The first-order valence-corrected chi connectivity index (χ1v) is 15.2. The highest BCUT2D eigenvalue weighted by Crippen LogP contribution is 2.37. The second-order valence-corrected chi connectivity index (χ2v) is 11.8. The van der Waals surface area contributed by atoms with Gasteiger partial charge in [-0.15, -0.1) is 0 Å². The van der Waals surface area contributed by atoms with Crippen molar-refractivity contribution in [2.75, 3.05) is 38.0 Å². The third kappa shape index (κ3) is 10.0. The summed E-state index contributed by atoms with van der Waals surface area (Å²) in [5.41, 5.74) is -1.12. The van der Waals surface area contributed by atoms with E-state index in [1.54, 1.807) is 32.9 Å². The van der Waals surface area contributed by atoms with E-state index in [1.807, 2.05) is 0 Å². The third-order valence-corrected chi connectivity index (χ3v) is 6.74. The number of nitrogens with one attached hydrogen (secondary N) is 5. The highest BCUT2D eigenvalue weighted by Gasteiger charge is 2.38. The van der Waals surface area contributed by atoms with Crippen LogP contribution >= 0.6 is 11.6 Å². The molecule has 0 saturated carbocycles. The van der Waals surface area contributed by atoms with Crippen molar-refractivity contribution < 1.29 is 32.3 Å². The molecule has 0 fully saturated rings. The second kappa shape index (κ2) is 15.7. The molecule has 15 nitrogen and oxygen atoms in total. The molecule has 4 aromatic rings. The molecule has 0 radical (unpaired) electrons. The molecule has 4 rings (SSSR count). The number of alkyl halides is 3. The zero-order chi connectivity index (χ0) is 35.8. The number of imidazole rings is 1. The van der Waals surface area contributed by atoms with Gasteiger partial charge in [0, 0.05) is 50.5 Å². The fourth-order valence-electron chi connectivity index (χ4n) is 4.40. The number of nitriles is 1. The molecule has 0 unspecified atom stereocenters. The van der Waals surface area contributed by atoms with Crippen LogP contribution in [0.2, 0.25) is 5.02 Å². The summed E-state index contributed by atoms with van der Waals surface area (Å²) in [6.07, 6.45) is -0.141. The van der Waals surface area contributed by atoms with E-state index in [2.05, 4.69) is 41.7 Å². The van der Waals surface area contributed by atoms with Gasteiger partial charge in [-0.05, 0) is 39.0 Å². The number of alkyl carbamates (subject to hydrolysis) is 1. The quantitative estimate of drug-likeness (QED) is 0.129. The van der Waals surface area contributed by atoms with E-state index in [0.29, 0.717) is 5.69 Å². The van der Waals surface area contributed by atoms with Crippen LogP contribution in [0, 0.1) is 11.3 Å². The van der Waals surface area contributed by atoms with E-state index in [1.165, 1.54) is 35.1 Å². The first kappa shape index (κ1) is 36.4. The summed E-state index contributed by atoms with van der Waals surface area (Å²) in [5.74, 6) is -0.543. The lowest BCUT2D eigenvalue weighted by Crippen LogP contribution is -2.41. The van der Waals surface area contributed by atoms with E-state index in [-0.39, 0.29) is 78.5 Å². The van der Waals surface area contributed by atoms with Gasteiger partial charge in [0.05, 0.1) is 40.7 Å². The lowest BCUT2D eigenvalue weighted by molar-refractivity contribution is -0.141. The molecule has 1 aromatic carbocycles. The maximum atomic E-state index is 13.7. The molecule has 260 valence electrons. The largest absolute Gasteiger partial charge is 0.444 e. The highest BCUT2D eigenvalue weighted by molar-refractivity contribution is 6.34. The Morgan fingerprint density at radius 2 is 1.78 bits per heavy atom. The van der Waals surface area contributed by atoms with Gasteiger partial charge in [0.1, 0.15) is 12.1 Å². The molecular formula is C30H33ClF3N11O4. The normalized spacial score (nSPS) is 11.6. The van der Waals surface area contributed by atoms with Crippen LogP contribution in [0.1, 0.15) is 36.8 Å². The number of hydrogen-bond acceptors (Lipinski definition) is 10. The summed E-state index contributed by atoms with van der Waals surface area (Å²) in [6.45, 7) is 5.77. The number of rotatable bonds is 13. The summed E-state index contributed by atoms with van der Waals surface area (Å²) in [7, 11) is 0. The number of amides is 3. The maximum absolute atomic E-state index is 13.7. The first-order valence-electron chi connectivity index (χ1n) is 14.8. The number of carbonyl (C=O) groups excluding carboxylic acids is 3. The van der Waals surface area contributed by atoms with Crippen molar-refractivity contribution in [3.63, 3.8) is 0 Å². The summed E-state index contributed by atoms with van der Waals surface area (Å²) >= 11 is 6.39. The topological polar surface area (TPSA) is 192 Å². The molecule has 0 aliphatic heterocycles. The van der Waals surface area contributed by atoms with Gasteiger partial charge in [0.25, 0.3) is 5.91 Å². The van der Waals surface area contributed by atoms with Gasteiger partial charge in [-0.1, -0.05) is 11.6 Å². The molecule has 19 heteroatoms. The van der Waals surface area contributed by atoms with Crippen LogP contribution in [-0.4, -0.2) is 80.4 Å².